The maximum Gasteiger partial charge on any atom is 0.274 e. The van der Waals surface area contributed by atoms with Gasteiger partial charge in [-0.15, -0.1) is 0 Å². The minimum absolute atomic E-state index is 0.0131. The van der Waals surface area contributed by atoms with E-state index in [4.69, 9.17) is 4.74 Å². The van der Waals surface area contributed by atoms with Crippen molar-refractivity contribution in [3.05, 3.63) is 47.8 Å². The summed E-state index contributed by atoms with van der Waals surface area (Å²) in [5, 5.41) is 4.28. The third-order valence-electron chi connectivity index (χ3n) is 5.64. The van der Waals surface area contributed by atoms with Crippen LogP contribution in [0.3, 0.4) is 0 Å². The maximum absolute atomic E-state index is 12.7. The summed E-state index contributed by atoms with van der Waals surface area (Å²) in [5.74, 6) is 0.00279. The van der Waals surface area contributed by atoms with Crippen LogP contribution in [-0.4, -0.2) is 58.3 Å². The number of aromatic nitrogens is 2. The molecule has 2 amide bonds. The second kappa shape index (κ2) is 7.75. The minimum atomic E-state index is -0.383. The number of aryl methyl sites for hydroxylation is 2. The molecule has 0 radical (unpaired) electrons. The molecule has 0 bridgehead atoms. The highest BCUT2D eigenvalue weighted by Crippen LogP contribution is 2.26. The first-order chi connectivity index (χ1) is 13.5. The molecule has 4 rings (SSSR count). The fourth-order valence-electron chi connectivity index (χ4n) is 3.90. The number of piperidine rings is 1. The molecule has 1 atom stereocenters. The highest BCUT2D eigenvalue weighted by Gasteiger charge is 2.36. The van der Waals surface area contributed by atoms with E-state index in [9.17, 15) is 9.59 Å². The lowest BCUT2D eigenvalue weighted by atomic mass is 10.1. The molecule has 1 unspecified atom stereocenters. The molecule has 2 aliphatic rings. The first kappa shape index (κ1) is 18.7. The second-order valence-corrected chi connectivity index (χ2v) is 7.52. The Labute approximate surface area is 164 Å². The molecule has 1 aromatic heterocycles. The zero-order valence-corrected chi connectivity index (χ0v) is 16.4. The van der Waals surface area contributed by atoms with Crippen LogP contribution >= 0.6 is 0 Å². The van der Waals surface area contributed by atoms with E-state index >= 15 is 0 Å². The Bertz CT molecular complexity index is 836. The number of nitrogens with zero attached hydrogens (tertiary/aromatic N) is 4. The van der Waals surface area contributed by atoms with Gasteiger partial charge < -0.3 is 14.5 Å². The van der Waals surface area contributed by atoms with Gasteiger partial charge in [0.2, 0.25) is 0 Å². The smallest absolute Gasteiger partial charge is 0.274 e. The molecule has 0 saturated carbocycles. The Balaban J connectivity index is 1.30. The lowest BCUT2D eigenvalue weighted by molar-refractivity contribution is -0.132. The van der Waals surface area contributed by atoms with Crippen LogP contribution in [0.25, 0.3) is 0 Å². The third-order valence-corrected chi connectivity index (χ3v) is 5.64. The Morgan fingerprint density at radius 2 is 1.82 bits per heavy atom. The van der Waals surface area contributed by atoms with Gasteiger partial charge in [0.05, 0.1) is 6.10 Å². The van der Waals surface area contributed by atoms with Crippen LogP contribution in [0, 0.1) is 6.92 Å². The SMILES string of the molecule is Cc1cc(C(=O)N2CCC(OC3CCN(c4ccccc4)C3=O)CC2)nn1C. The molecule has 2 saturated heterocycles. The fraction of sp³-hybridized carbons (Fsp3) is 0.476. The first-order valence-corrected chi connectivity index (χ1v) is 9.85. The van der Waals surface area contributed by atoms with E-state index in [0.717, 1.165) is 24.2 Å². The number of hydrogen-bond acceptors (Lipinski definition) is 4. The third kappa shape index (κ3) is 3.67. The van der Waals surface area contributed by atoms with Gasteiger partial charge in [0, 0.05) is 44.5 Å². The number of para-hydroxylation sites is 1. The second-order valence-electron chi connectivity index (χ2n) is 7.52. The predicted molar refractivity (Wildman–Crippen MR) is 105 cm³/mol. The number of carbonyl (C=O) groups is 2. The fourth-order valence-corrected chi connectivity index (χ4v) is 3.90. The first-order valence-electron chi connectivity index (χ1n) is 9.85. The molecular formula is C21H26N4O3. The summed E-state index contributed by atoms with van der Waals surface area (Å²) < 4.78 is 7.84. The van der Waals surface area contributed by atoms with Crippen molar-refractivity contribution in [2.45, 2.75) is 38.4 Å². The van der Waals surface area contributed by atoms with Crippen molar-refractivity contribution in [1.29, 1.82) is 0 Å². The largest absolute Gasteiger partial charge is 0.365 e. The number of anilines is 1. The summed E-state index contributed by atoms with van der Waals surface area (Å²) in [4.78, 5) is 28.9. The van der Waals surface area contributed by atoms with Crippen LogP contribution in [0.15, 0.2) is 36.4 Å². The molecule has 28 heavy (non-hydrogen) atoms. The monoisotopic (exact) mass is 382 g/mol. The van der Waals surface area contributed by atoms with Crippen molar-refractivity contribution in [2.24, 2.45) is 7.05 Å². The van der Waals surface area contributed by atoms with Crippen LogP contribution in [0.2, 0.25) is 0 Å². The number of benzene rings is 1. The molecule has 2 fully saturated rings. The van der Waals surface area contributed by atoms with Gasteiger partial charge in [-0.25, -0.2) is 0 Å². The molecule has 0 spiro atoms. The highest BCUT2D eigenvalue weighted by atomic mass is 16.5. The Morgan fingerprint density at radius 1 is 1.11 bits per heavy atom. The van der Waals surface area contributed by atoms with E-state index in [1.54, 1.807) is 9.58 Å². The summed E-state index contributed by atoms with van der Waals surface area (Å²) in [6.07, 6.45) is 1.82. The van der Waals surface area contributed by atoms with Crippen LogP contribution < -0.4 is 4.90 Å². The quantitative estimate of drug-likeness (QED) is 0.813. The number of rotatable bonds is 4. The number of carbonyl (C=O) groups excluding carboxylic acids is 2. The predicted octanol–water partition coefficient (Wildman–Crippen LogP) is 2.16. The van der Waals surface area contributed by atoms with E-state index in [1.807, 2.05) is 55.3 Å². The molecule has 2 aliphatic heterocycles. The highest BCUT2D eigenvalue weighted by molar-refractivity contribution is 5.98. The Kier molecular flexibility index (Phi) is 5.17. The van der Waals surface area contributed by atoms with Crippen molar-refractivity contribution >= 4 is 17.5 Å². The molecule has 7 heteroatoms. The van der Waals surface area contributed by atoms with Crippen molar-refractivity contribution in [3.8, 4) is 0 Å². The molecule has 148 valence electrons. The van der Waals surface area contributed by atoms with Crippen LogP contribution in [0.5, 0.6) is 0 Å². The Hall–Kier alpha value is -2.67. The van der Waals surface area contributed by atoms with Crippen molar-refractivity contribution < 1.29 is 14.3 Å². The van der Waals surface area contributed by atoms with E-state index in [1.165, 1.54) is 0 Å². The van der Waals surface area contributed by atoms with Gasteiger partial charge in [-0.1, -0.05) is 18.2 Å². The van der Waals surface area contributed by atoms with Gasteiger partial charge in [-0.05, 0) is 38.0 Å². The topological polar surface area (TPSA) is 67.7 Å². The lowest BCUT2D eigenvalue weighted by Crippen LogP contribution is -2.43. The van der Waals surface area contributed by atoms with Gasteiger partial charge in [0.15, 0.2) is 5.69 Å². The summed E-state index contributed by atoms with van der Waals surface area (Å²) in [5.41, 5.74) is 2.37. The average molecular weight is 382 g/mol. The molecule has 1 aromatic carbocycles. The zero-order chi connectivity index (χ0) is 19.7. The van der Waals surface area contributed by atoms with Crippen LogP contribution in [0.4, 0.5) is 5.69 Å². The van der Waals surface area contributed by atoms with Gasteiger partial charge in [-0.3, -0.25) is 14.3 Å². The summed E-state index contributed by atoms with van der Waals surface area (Å²) in [6.45, 7) is 3.87. The van der Waals surface area contributed by atoms with Gasteiger partial charge >= 0.3 is 0 Å². The number of hydrogen-bond donors (Lipinski definition) is 0. The van der Waals surface area contributed by atoms with E-state index in [0.29, 0.717) is 31.7 Å². The standard InChI is InChI=1S/C21H26N4O3/c1-15-14-18(22-23(15)2)20(26)24-11-8-17(9-12-24)28-19-10-13-25(21(19)27)16-6-4-3-5-7-16/h3-7,14,17,19H,8-13H2,1-2H3. The number of likely N-dealkylation sites (tertiary alicyclic amines) is 1. The molecular weight excluding hydrogens is 356 g/mol. The molecule has 7 nitrogen and oxygen atoms in total. The van der Waals surface area contributed by atoms with Crippen LogP contribution in [-0.2, 0) is 16.6 Å². The van der Waals surface area contributed by atoms with E-state index < -0.39 is 0 Å². The minimum Gasteiger partial charge on any atom is -0.365 e. The molecule has 3 heterocycles. The summed E-state index contributed by atoms with van der Waals surface area (Å²) in [6, 6.07) is 11.5. The Morgan fingerprint density at radius 3 is 2.46 bits per heavy atom. The van der Waals surface area contributed by atoms with E-state index in [2.05, 4.69) is 5.10 Å². The molecule has 0 N–H and O–H groups in total. The summed E-state index contributed by atoms with van der Waals surface area (Å²) in [7, 11) is 1.84. The van der Waals surface area contributed by atoms with Crippen molar-refractivity contribution in [1.82, 2.24) is 14.7 Å². The van der Waals surface area contributed by atoms with Gasteiger partial charge in [-0.2, -0.15) is 5.10 Å². The van der Waals surface area contributed by atoms with Gasteiger partial charge in [0.25, 0.3) is 11.8 Å². The van der Waals surface area contributed by atoms with Crippen molar-refractivity contribution in [2.75, 3.05) is 24.5 Å². The number of amides is 2. The average Bonchev–Trinajstić information content (AvgIpc) is 3.25. The molecule has 2 aromatic rings. The van der Waals surface area contributed by atoms with Crippen molar-refractivity contribution in [3.63, 3.8) is 0 Å². The van der Waals surface area contributed by atoms with Crippen LogP contribution in [0.1, 0.15) is 35.4 Å². The number of ether oxygens (including phenoxy) is 1. The van der Waals surface area contributed by atoms with Gasteiger partial charge in [0.1, 0.15) is 6.10 Å². The zero-order valence-electron chi connectivity index (χ0n) is 16.4. The lowest BCUT2D eigenvalue weighted by Gasteiger charge is -2.32. The van der Waals surface area contributed by atoms with E-state index in [-0.39, 0.29) is 24.0 Å². The molecule has 0 aliphatic carbocycles. The summed E-state index contributed by atoms with van der Waals surface area (Å²) >= 11 is 0. The maximum atomic E-state index is 12.7. The normalized spacial score (nSPS) is 20.8.